The van der Waals surface area contributed by atoms with E-state index < -0.39 is 5.60 Å². The van der Waals surface area contributed by atoms with Crippen molar-refractivity contribution in [3.05, 3.63) is 0 Å². The number of hydrogen-bond donors (Lipinski definition) is 1. The molecule has 1 N–H and O–H groups in total. The highest BCUT2D eigenvalue weighted by Crippen LogP contribution is 2.48. The lowest BCUT2D eigenvalue weighted by Gasteiger charge is -2.38. The van der Waals surface area contributed by atoms with Crippen LogP contribution >= 0.6 is 0 Å². The lowest BCUT2D eigenvalue weighted by molar-refractivity contribution is -0.0734. The molecule has 2 fully saturated rings. The molecule has 0 aromatic rings. The van der Waals surface area contributed by atoms with E-state index in [-0.39, 0.29) is 12.2 Å². The Labute approximate surface area is 93.0 Å². The van der Waals surface area contributed by atoms with Gasteiger partial charge in [-0.1, -0.05) is 33.6 Å². The molecule has 0 spiro atoms. The van der Waals surface area contributed by atoms with Crippen molar-refractivity contribution in [2.45, 2.75) is 70.7 Å². The first-order chi connectivity index (χ1) is 7.09. The maximum atomic E-state index is 10.8. The van der Waals surface area contributed by atoms with Crippen LogP contribution in [0, 0.1) is 11.8 Å². The number of rotatable bonds is 2. The largest absolute Gasteiger partial charge is 0.387 e. The van der Waals surface area contributed by atoms with Gasteiger partial charge in [0, 0.05) is 5.92 Å². The molecule has 0 bridgehead atoms. The molecule has 1 saturated carbocycles. The number of fused-ring (bicyclic) bond motifs is 1. The maximum absolute atomic E-state index is 10.8. The van der Waals surface area contributed by atoms with Crippen molar-refractivity contribution in [2.75, 3.05) is 0 Å². The van der Waals surface area contributed by atoms with E-state index in [1.807, 2.05) is 0 Å². The van der Waals surface area contributed by atoms with Crippen LogP contribution in [0.25, 0.3) is 0 Å². The van der Waals surface area contributed by atoms with Crippen molar-refractivity contribution >= 4 is 0 Å². The fraction of sp³-hybridized carbons (Fsp3) is 1.00. The summed E-state index contributed by atoms with van der Waals surface area (Å²) in [6, 6.07) is 0. The SMILES string of the molecule is CC[C@H]1O[C@H](C(C)C)[C@H]2CCCC[C@]21O. The highest BCUT2D eigenvalue weighted by Gasteiger charge is 2.55. The van der Waals surface area contributed by atoms with Crippen LogP contribution in [0.15, 0.2) is 0 Å². The van der Waals surface area contributed by atoms with Gasteiger partial charge in [-0.25, -0.2) is 0 Å². The fourth-order valence-electron chi connectivity index (χ4n) is 3.53. The van der Waals surface area contributed by atoms with Crippen LogP contribution < -0.4 is 0 Å². The summed E-state index contributed by atoms with van der Waals surface area (Å²) in [6.07, 6.45) is 5.81. The van der Waals surface area contributed by atoms with E-state index in [0.717, 1.165) is 25.7 Å². The van der Waals surface area contributed by atoms with Gasteiger partial charge >= 0.3 is 0 Å². The van der Waals surface area contributed by atoms with E-state index in [1.165, 1.54) is 6.42 Å². The zero-order valence-corrected chi connectivity index (χ0v) is 10.2. The number of hydrogen-bond acceptors (Lipinski definition) is 2. The van der Waals surface area contributed by atoms with Crippen LogP contribution in [0.4, 0.5) is 0 Å². The van der Waals surface area contributed by atoms with E-state index in [2.05, 4.69) is 20.8 Å². The molecular weight excluding hydrogens is 188 g/mol. The normalized spacial score (nSPS) is 45.8. The van der Waals surface area contributed by atoms with Gasteiger partial charge in [0.2, 0.25) is 0 Å². The van der Waals surface area contributed by atoms with Crippen molar-refractivity contribution in [3.8, 4) is 0 Å². The van der Waals surface area contributed by atoms with Crippen LogP contribution in [0.5, 0.6) is 0 Å². The molecule has 0 amide bonds. The molecule has 0 aromatic heterocycles. The smallest absolute Gasteiger partial charge is 0.0960 e. The third-order valence-electron chi connectivity index (χ3n) is 4.29. The molecule has 4 atom stereocenters. The second kappa shape index (κ2) is 4.06. The Hall–Kier alpha value is -0.0800. The van der Waals surface area contributed by atoms with Crippen LogP contribution in [-0.2, 0) is 4.74 Å². The summed E-state index contributed by atoms with van der Waals surface area (Å²) in [7, 11) is 0. The van der Waals surface area contributed by atoms with E-state index in [4.69, 9.17) is 4.74 Å². The average Bonchev–Trinajstić information content (AvgIpc) is 2.50. The average molecular weight is 212 g/mol. The van der Waals surface area contributed by atoms with Gasteiger partial charge in [0.1, 0.15) is 0 Å². The summed E-state index contributed by atoms with van der Waals surface area (Å²) in [4.78, 5) is 0. The van der Waals surface area contributed by atoms with Crippen molar-refractivity contribution in [1.82, 2.24) is 0 Å². The first-order valence-electron chi connectivity index (χ1n) is 6.47. The number of ether oxygens (including phenoxy) is 1. The quantitative estimate of drug-likeness (QED) is 0.762. The minimum atomic E-state index is -0.512. The Morgan fingerprint density at radius 3 is 2.73 bits per heavy atom. The Bertz CT molecular complexity index is 227. The Morgan fingerprint density at radius 1 is 1.40 bits per heavy atom. The second-order valence-electron chi connectivity index (χ2n) is 5.59. The number of aliphatic hydroxyl groups is 1. The van der Waals surface area contributed by atoms with E-state index >= 15 is 0 Å². The van der Waals surface area contributed by atoms with Gasteiger partial charge in [-0.2, -0.15) is 0 Å². The van der Waals surface area contributed by atoms with Crippen molar-refractivity contribution < 1.29 is 9.84 Å². The van der Waals surface area contributed by atoms with Gasteiger partial charge in [-0.15, -0.1) is 0 Å². The highest BCUT2D eigenvalue weighted by atomic mass is 16.5. The van der Waals surface area contributed by atoms with Crippen molar-refractivity contribution in [2.24, 2.45) is 11.8 Å². The van der Waals surface area contributed by atoms with Crippen LogP contribution in [0.1, 0.15) is 52.9 Å². The Morgan fingerprint density at radius 2 is 2.13 bits per heavy atom. The fourth-order valence-corrected chi connectivity index (χ4v) is 3.53. The zero-order valence-electron chi connectivity index (χ0n) is 10.2. The minimum absolute atomic E-state index is 0.0789. The Balaban J connectivity index is 2.21. The van der Waals surface area contributed by atoms with Gasteiger partial charge in [-0.05, 0) is 25.2 Å². The third-order valence-corrected chi connectivity index (χ3v) is 4.29. The molecule has 2 aliphatic rings. The molecule has 88 valence electrons. The van der Waals surface area contributed by atoms with Crippen LogP contribution in [0.2, 0.25) is 0 Å². The van der Waals surface area contributed by atoms with Crippen LogP contribution in [0.3, 0.4) is 0 Å². The summed E-state index contributed by atoms with van der Waals surface area (Å²) in [5.41, 5.74) is -0.512. The van der Waals surface area contributed by atoms with Gasteiger partial charge in [0.15, 0.2) is 0 Å². The molecule has 1 heterocycles. The molecule has 2 heteroatoms. The predicted molar refractivity (Wildman–Crippen MR) is 60.7 cm³/mol. The van der Waals surface area contributed by atoms with Gasteiger partial charge in [-0.3, -0.25) is 0 Å². The lowest BCUT2D eigenvalue weighted by atomic mass is 9.70. The van der Waals surface area contributed by atoms with E-state index in [9.17, 15) is 5.11 Å². The molecule has 1 saturated heterocycles. The topological polar surface area (TPSA) is 29.5 Å². The molecule has 2 nitrogen and oxygen atoms in total. The molecular formula is C13H24O2. The van der Waals surface area contributed by atoms with Gasteiger partial charge < -0.3 is 9.84 Å². The maximum Gasteiger partial charge on any atom is 0.0960 e. The summed E-state index contributed by atoms with van der Waals surface area (Å²) >= 11 is 0. The molecule has 15 heavy (non-hydrogen) atoms. The van der Waals surface area contributed by atoms with Gasteiger partial charge in [0.25, 0.3) is 0 Å². The molecule has 1 aliphatic heterocycles. The van der Waals surface area contributed by atoms with Crippen molar-refractivity contribution in [3.63, 3.8) is 0 Å². The first kappa shape index (κ1) is 11.4. The van der Waals surface area contributed by atoms with Crippen LogP contribution in [-0.4, -0.2) is 22.9 Å². The monoisotopic (exact) mass is 212 g/mol. The summed E-state index contributed by atoms with van der Waals surface area (Å²) in [5.74, 6) is 0.910. The summed E-state index contributed by atoms with van der Waals surface area (Å²) < 4.78 is 6.07. The first-order valence-corrected chi connectivity index (χ1v) is 6.47. The molecule has 0 unspecified atom stereocenters. The zero-order chi connectivity index (χ0) is 11.1. The molecule has 0 aromatic carbocycles. The van der Waals surface area contributed by atoms with E-state index in [0.29, 0.717) is 11.8 Å². The standard InChI is InChI=1S/C13H24O2/c1-4-11-13(14)8-6-5-7-10(13)12(15-11)9(2)3/h9-12,14H,4-8H2,1-3H3/t10-,11-,12-,13+/m1/s1. The highest BCUT2D eigenvalue weighted by molar-refractivity contribution is 5.04. The third kappa shape index (κ3) is 1.72. The van der Waals surface area contributed by atoms with Crippen molar-refractivity contribution in [1.29, 1.82) is 0 Å². The minimum Gasteiger partial charge on any atom is -0.387 e. The summed E-state index contributed by atoms with van der Waals surface area (Å²) in [5, 5.41) is 10.8. The summed E-state index contributed by atoms with van der Waals surface area (Å²) in [6.45, 7) is 6.53. The molecule has 2 rings (SSSR count). The van der Waals surface area contributed by atoms with E-state index in [1.54, 1.807) is 0 Å². The predicted octanol–water partition coefficient (Wildman–Crippen LogP) is 2.74. The Kier molecular flexibility index (Phi) is 3.09. The lowest BCUT2D eigenvalue weighted by Crippen LogP contribution is -2.46. The van der Waals surface area contributed by atoms with Gasteiger partial charge in [0.05, 0.1) is 17.8 Å². The molecule has 0 radical (unpaired) electrons. The second-order valence-corrected chi connectivity index (χ2v) is 5.59. The molecule has 1 aliphatic carbocycles.